The fourth-order valence-corrected chi connectivity index (χ4v) is 3.47. The van der Waals surface area contributed by atoms with Gasteiger partial charge in [-0.2, -0.15) is 0 Å². The number of aromatic nitrogens is 1. The second kappa shape index (κ2) is 5.74. The van der Waals surface area contributed by atoms with Crippen LogP contribution in [0.5, 0.6) is 0 Å². The Labute approximate surface area is 144 Å². The SMILES string of the molecule is CC(=O)c1c(C)n(Cc2ccccc2)c2c1oc(=O)c1ccccc12. The van der Waals surface area contributed by atoms with E-state index >= 15 is 0 Å². The third-order valence-electron chi connectivity index (χ3n) is 4.61. The van der Waals surface area contributed by atoms with Crippen molar-refractivity contribution in [1.29, 1.82) is 0 Å². The Morgan fingerprint density at radius 2 is 1.64 bits per heavy atom. The molecular weight excluding hydrogens is 314 g/mol. The van der Waals surface area contributed by atoms with E-state index in [0.29, 0.717) is 23.1 Å². The van der Waals surface area contributed by atoms with E-state index in [-0.39, 0.29) is 5.78 Å². The van der Waals surface area contributed by atoms with Crippen LogP contribution >= 0.6 is 0 Å². The molecule has 4 nitrogen and oxygen atoms in total. The molecular formula is C21H17NO3. The maximum atomic E-state index is 12.4. The predicted molar refractivity (Wildman–Crippen MR) is 98.3 cm³/mol. The molecule has 0 spiro atoms. The summed E-state index contributed by atoms with van der Waals surface area (Å²) in [5, 5.41) is 1.33. The molecule has 4 aromatic rings. The fourth-order valence-electron chi connectivity index (χ4n) is 3.47. The predicted octanol–water partition coefficient (Wildman–Crippen LogP) is 4.31. The molecule has 0 aliphatic carbocycles. The quantitative estimate of drug-likeness (QED) is 0.526. The molecule has 2 aromatic heterocycles. The van der Waals surface area contributed by atoms with Crippen LogP contribution in [-0.4, -0.2) is 10.4 Å². The highest BCUT2D eigenvalue weighted by molar-refractivity contribution is 6.12. The number of carbonyl (C=O) groups is 1. The first-order valence-corrected chi connectivity index (χ1v) is 8.17. The molecule has 0 atom stereocenters. The summed E-state index contributed by atoms with van der Waals surface area (Å²) in [7, 11) is 0. The van der Waals surface area contributed by atoms with E-state index in [1.54, 1.807) is 6.07 Å². The van der Waals surface area contributed by atoms with Gasteiger partial charge in [0.25, 0.3) is 0 Å². The van der Waals surface area contributed by atoms with Gasteiger partial charge in [0.1, 0.15) is 0 Å². The lowest BCUT2D eigenvalue weighted by Gasteiger charge is -2.09. The Morgan fingerprint density at radius 1 is 1.00 bits per heavy atom. The average Bonchev–Trinajstić information content (AvgIpc) is 2.88. The van der Waals surface area contributed by atoms with E-state index in [1.807, 2.05) is 55.5 Å². The zero-order chi connectivity index (χ0) is 17.6. The van der Waals surface area contributed by atoms with Crippen molar-refractivity contribution in [2.45, 2.75) is 20.4 Å². The fraction of sp³-hybridized carbons (Fsp3) is 0.143. The summed E-state index contributed by atoms with van der Waals surface area (Å²) in [5.41, 5.74) is 3.17. The molecule has 4 rings (SSSR count). The molecule has 0 aliphatic heterocycles. The highest BCUT2D eigenvalue weighted by Gasteiger charge is 2.22. The number of hydrogen-bond donors (Lipinski definition) is 0. The van der Waals surface area contributed by atoms with Gasteiger partial charge in [-0.15, -0.1) is 0 Å². The first kappa shape index (κ1) is 15.4. The molecule has 2 heterocycles. The summed E-state index contributed by atoms with van der Waals surface area (Å²) in [4.78, 5) is 24.6. The van der Waals surface area contributed by atoms with Crippen molar-refractivity contribution in [2.75, 3.05) is 0 Å². The van der Waals surface area contributed by atoms with Gasteiger partial charge in [-0.1, -0.05) is 48.5 Å². The van der Waals surface area contributed by atoms with Gasteiger partial charge >= 0.3 is 5.63 Å². The molecule has 25 heavy (non-hydrogen) atoms. The van der Waals surface area contributed by atoms with Gasteiger partial charge in [0.15, 0.2) is 11.4 Å². The molecule has 124 valence electrons. The van der Waals surface area contributed by atoms with Crippen LogP contribution in [-0.2, 0) is 6.54 Å². The van der Waals surface area contributed by atoms with Gasteiger partial charge in [0.2, 0.25) is 0 Å². The lowest BCUT2D eigenvalue weighted by Crippen LogP contribution is -2.04. The first-order valence-electron chi connectivity index (χ1n) is 8.17. The van der Waals surface area contributed by atoms with Gasteiger partial charge in [0.05, 0.1) is 16.5 Å². The number of Topliss-reactive ketones (excluding diaryl/α,β-unsaturated/α-hetero) is 1. The summed E-state index contributed by atoms with van der Waals surface area (Å²) in [6.45, 7) is 4.01. The van der Waals surface area contributed by atoms with E-state index in [9.17, 15) is 9.59 Å². The van der Waals surface area contributed by atoms with Crippen LogP contribution in [0, 0.1) is 6.92 Å². The molecule has 0 N–H and O–H groups in total. The Balaban J connectivity index is 2.14. The molecule has 0 bridgehead atoms. The second-order valence-corrected chi connectivity index (χ2v) is 6.20. The van der Waals surface area contributed by atoms with Crippen molar-refractivity contribution in [3.05, 3.63) is 81.8 Å². The Morgan fingerprint density at radius 3 is 2.32 bits per heavy atom. The number of rotatable bonds is 3. The Hall–Kier alpha value is -3.14. The minimum Gasteiger partial charge on any atom is -0.420 e. The van der Waals surface area contributed by atoms with Crippen molar-refractivity contribution < 1.29 is 9.21 Å². The molecule has 4 heteroatoms. The smallest absolute Gasteiger partial charge is 0.344 e. The number of carbonyl (C=O) groups excluding carboxylic acids is 1. The van der Waals surface area contributed by atoms with Crippen molar-refractivity contribution in [2.24, 2.45) is 0 Å². The monoisotopic (exact) mass is 331 g/mol. The first-order chi connectivity index (χ1) is 12.1. The minimum absolute atomic E-state index is 0.104. The number of fused-ring (bicyclic) bond motifs is 3. The molecule has 0 amide bonds. The zero-order valence-electron chi connectivity index (χ0n) is 14.1. The van der Waals surface area contributed by atoms with E-state index in [0.717, 1.165) is 22.2 Å². The van der Waals surface area contributed by atoms with Crippen LogP contribution in [0.3, 0.4) is 0 Å². The largest absolute Gasteiger partial charge is 0.420 e. The van der Waals surface area contributed by atoms with Crippen LogP contribution in [0.1, 0.15) is 28.5 Å². The Kier molecular flexibility index (Phi) is 3.53. The molecule has 0 aliphatic rings. The van der Waals surface area contributed by atoms with Crippen molar-refractivity contribution >= 4 is 27.7 Å². The van der Waals surface area contributed by atoms with Crippen molar-refractivity contribution in [1.82, 2.24) is 4.57 Å². The summed E-state index contributed by atoms with van der Waals surface area (Å²) < 4.78 is 7.63. The lowest BCUT2D eigenvalue weighted by molar-refractivity contribution is 0.101. The van der Waals surface area contributed by atoms with Gasteiger partial charge < -0.3 is 8.98 Å². The summed E-state index contributed by atoms with van der Waals surface area (Å²) >= 11 is 0. The zero-order valence-corrected chi connectivity index (χ0v) is 14.1. The molecule has 0 saturated carbocycles. The third kappa shape index (κ3) is 2.38. The van der Waals surface area contributed by atoms with Gasteiger partial charge in [-0.3, -0.25) is 4.79 Å². The minimum atomic E-state index is -0.414. The van der Waals surface area contributed by atoms with E-state index in [4.69, 9.17) is 4.42 Å². The Bertz CT molecular complexity index is 1170. The number of hydrogen-bond acceptors (Lipinski definition) is 3. The highest BCUT2D eigenvalue weighted by atomic mass is 16.4. The van der Waals surface area contributed by atoms with Crippen molar-refractivity contribution in [3.8, 4) is 0 Å². The van der Waals surface area contributed by atoms with E-state index in [1.165, 1.54) is 6.92 Å². The van der Waals surface area contributed by atoms with E-state index < -0.39 is 5.63 Å². The van der Waals surface area contributed by atoms with Crippen LogP contribution in [0.25, 0.3) is 21.9 Å². The standard InChI is InChI=1S/C21H17NO3/c1-13-18(14(2)23)20-19(22(13)12-15-8-4-3-5-9-15)16-10-6-7-11-17(16)21(24)25-20/h3-11H,12H2,1-2H3. The van der Waals surface area contributed by atoms with Gasteiger partial charge in [0, 0.05) is 17.6 Å². The van der Waals surface area contributed by atoms with Crippen LogP contribution in [0.15, 0.2) is 63.8 Å². The number of nitrogens with zero attached hydrogens (tertiary/aromatic N) is 1. The number of ketones is 1. The van der Waals surface area contributed by atoms with Crippen LogP contribution in [0.2, 0.25) is 0 Å². The molecule has 0 saturated heterocycles. The molecule has 0 unspecified atom stereocenters. The van der Waals surface area contributed by atoms with Crippen LogP contribution in [0.4, 0.5) is 0 Å². The molecule has 0 fully saturated rings. The van der Waals surface area contributed by atoms with Crippen LogP contribution < -0.4 is 5.63 Å². The second-order valence-electron chi connectivity index (χ2n) is 6.20. The third-order valence-corrected chi connectivity index (χ3v) is 4.61. The van der Waals surface area contributed by atoms with Crippen molar-refractivity contribution in [3.63, 3.8) is 0 Å². The summed E-state index contributed by atoms with van der Waals surface area (Å²) in [6.07, 6.45) is 0. The maximum absolute atomic E-state index is 12.4. The van der Waals surface area contributed by atoms with Gasteiger partial charge in [-0.05, 0) is 25.5 Å². The molecule has 2 aromatic carbocycles. The summed E-state index contributed by atoms with van der Waals surface area (Å²) in [5.74, 6) is -0.104. The van der Waals surface area contributed by atoms with Gasteiger partial charge in [-0.25, -0.2) is 4.79 Å². The number of benzene rings is 2. The summed E-state index contributed by atoms with van der Waals surface area (Å²) in [6, 6.07) is 17.4. The average molecular weight is 331 g/mol. The maximum Gasteiger partial charge on any atom is 0.344 e. The normalized spacial score (nSPS) is 11.3. The van der Waals surface area contributed by atoms with E-state index in [2.05, 4.69) is 4.57 Å². The lowest BCUT2D eigenvalue weighted by atomic mass is 10.1. The topological polar surface area (TPSA) is 52.2 Å². The molecule has 0 radical (unpaired) electrons. The highest BCUT2D eigenvalue weighted by Crippen LogP contribution is 2.31.